The molecule has 3 aromatic rings. The van der Waals surface area contributed by atoms with Gasteiger partial charge in [-0.15, -0.1) is 0 Å². The lowest BCUT2D eigenvalue weighted by Gasteiger charge is -2.37. The molecular weight excluding hydrogens is 336 g/mol. The molecule has 1 aliphatic heterocycles. The maximum Gasteiger partial charge on any atom is 0.252 e. The van der Waals surface area contributed by atoms with Crippen LogP contribution in [0.2, 0.25) is 0 Å². The molecule has 1 aliphatic rings. The number of likely N-dealkylation sites (N-methyl/N-ethyl adjacent to an activating group) is 1. The second kappa shape index (κ2) is 7.08. The Morgan fingerprint density at radius 1 is 1.22 bits per heavy atom. The minimum atomic E-state index is -0.0754. The molecule has 1 amide bonds. The number of hydrogen-bond donors (Lipinski definition) is 3. The molecule has 5 heteroatoms. The van der Waals surface area contributed by atoms with E-state index in [0.29, 0.717) is 6.04 Å². The largest absolute Gasteiger partial charge is 0.369 e. The van der Waals surface area contributed by atoms with Gasteiger partial charge in [-0.1, -0.05) is 18.2 Å². The van der Waals surface area contributed by atoms with E-state index in [1.807, 2.05) is 44.3 Å². The van der Waals surface area contributed by atoms with E-state index in [-0.39, 0.29) is 11.9 Å². The summed E-state index contributed by atoms with van der Waals surface area (Å²) in [5.74, 6) is -0.0328. The van der Waals surface area contributed by atoms with Crippen molar-refractivity contribution in [3.63, 3.8) is 0 Å². The van der Waals surface area contributed by atoms with E-state index in [0.717, 1.165) is 46.4 Å². The Morgan fingerprint density at radius 2 is 2.04 bits per heavy atom. The average Bonchev–Trinajstić information content (AvgIpc) is 3.09. The molecule has 2 aromatic carbocycles. The molecule has 3 N–H and O–H groups in total. The normalized spacial score (nSPS) is 15.4. The number of aromatic nitrogens is 1. The van der Waals surface area contributed by atoms with E-state index >= 15 is 0 Å². The highest BCUT2D eigenvalue weighted by Gasteiger charge is 2.23. The summed E-state index contributed by atoms with van der Waals surface area (Å²) in [5.41, 5.74) is 5.01. The van der Waals surface area contributed by atoms with Crippen LogP contribution in [0.5, 0.6) is 0 Å². The third kappa shape index (κ3) is 3.30. The highest BCUT2D eigenvalue weighted by Crippen LogP contribution is 2.25. The Kier molecular flexibility index (Phi) is 4.62. The van der Waals surface area contributed by atoms with Crippen molar-refractivity contribution in [2.45, 2.75) is 25.9 Å². The molecule has 1 saturated heterocycles. The molecule has 0 saturated carbocycles. The molecule has 1 aromatic heterocycles. The Morgan fingerprint density at radius 3 is 2.78 bits per heavy atom. The van der Waals surface area contributed by atoms with Gasteiger partial charge in [-0.25, -0.2) is 0 Å². The van der Waals surface area contributed by atoms with E-state index in [1.54, 1.807) is 0 Å². The Hall–Kier alpha value is -2.79. The Bertz CT molecular complexity index is 973. The van der Waals surface area contributed by atoms with Crippen molar-refractivity contribution in [2.24, 2.45) is 0 Å². The Balaban J connectivity index is 1.56. The summed E-state index contributed by atoms with van der Waals surface area (Å²) in [6.07, 6.45) is 1.93. The number of fused-ring (bicyclic) bond motifs is 1. The van der Waals surface area contributed by atoms with Crippen LogP contribution in [0, 0.1) is 6.92 Å². The number of aromatic amines is 1. The molecule has 1 atom stereocenters. The molecule has 0 bridgehead atoms. The zero-order valence-electron chi connectivity index (χ0n) is 16.0. The molecule has 0 spiro atoms. The molecule has 2 heterocycles. The van der Waals surface area contributed by atoms with Crippen molar-refractivity contribution in [1.29, 1.82) is 0 Å². The first-order chi connectivity index (χ1) is 13.0. The summed E-state index contributed by atoms with van der Waals surface area (Å²) in [4.78, 5) is 18.5. The van der Waals surface area contributed by atoms with Crippen LogP contribution in [0.4, 0.5) is 5.69 Å². The number of nitrogens with one attached hydrogen (secondary N) is 3. The molecule has 0 radical (unpaired) electrons. The number of anilines is 1. The van der Waals surface area contributed by atoms with Crippen LogP contribution in [-0.4, -0.2) is 37.1 Å². The monoisotopic (exact) mass is 362 g/mol. The quantitative estimate of drug-likeness (QED) is 0.652. The van der Waals surface area contributed by atoms with Gasteiger partial charge in [-0.2, -0.15) is 0 Å². The maximum atomic E-state index is 13.0. The summed E-state index contributed by atoms with van der Waals surface area (Å²) in [6.45, 7) is 6.00. The fourth-order valence-electron chi connectivity index (χ4n) is 3.67. The van der Waals surface area contributed by atoms with Crippen molar-refractivity contribution in [3.05, 3.63) is 65.4 Å². The topological polar surface area (TPSA) is 60.2 Å². The van der Waals surface area contributed by atoms with Gasteiger partial charge in [-0.3, -0.25) is 4.79 Å². The van der Waals surface area contributed by atoms with Crippen LogP contribution < -0.4 is 15.5 Å². The molecule has 4 rings (SSSR count). The summed E-state index contributed by atoms with van der Waals surface area (Å²) in [5, 5.41) is 7.61. The first-order valence-electron chi connectivity index (χ1n) is 9.45. The molecule has 1 fully saturated rings. The fraction of sp³-hybridized carbons (Fsp3) is 0.318. The number of hydrogen-bond acceptors (Lipinski definition) is 3. The number of benzene rings is 2. The van der Waals surface area contributed by atoms with Crippen molar-refractivity contribution >= 4 is 22.5 Å². The van der Waals surface area contributed by atoms with Gasteiger partial charge in [0.2, 0.25) is 0 Å². The van der Waals surface area contributed by atoms with E-state index < -0.39 is 0 Å². The van der Waals surface area contributed by atoms with Gasteiger partial charge < -0.3 is 20.5 Å². The van der Waals surface area contributed by atoms with Crippen LogP contribution >= 0.6 is 0 Å². The highest BCUT2D eigenvalue weighted by molar-refractivity contribution is 5.97. The molecule has 140 valence electrons. The highest BCUT2D eigenvalue weighted by atomic mass is 16.1. The lowest BCUT2D eigenvalue weighted by atomic mass is 10.0. The third-order valence-electron chi connectivity index (χ3n) is 5.62. The van der Waals surface area contributed by atoms with E-state index in [1.165, 1.54) is 0 Å². The van der Waals surface area contributed by atoms with Crippen LogP contribution in [0.3, 0.4) is 0 Å². The number of aryl methyl sites for hydroxylation is 1. The maximum absolute atomic E-state index is 13.0. The molecule has 1 unspecified atom stereocenters. The van der Waals surface area contributed by atoms with Crippen LogP contribution in [0.1, 0.15) is 34.5 Å². The zero-order valence-corrected chi connectivity index (χ0v) is 16.0. The number of nitrogens with zero attached hydrogens (tertiary/aromatic N) is 1. The SMILES string of the molecule is Cc1ccc(N(C)C2CNC2)cc1C(=O)NC(C)c1cccc2[nH]ccc12. The van der Waals surface area contributed by atoms with Gasteiger partial charge in [0.25, 0.3) is 5.91 Å². The van der Waals surface area contributed by atoms with Crippen LogP contribution in [0.25, 0.3) is 10.9 Å². The van der Waals surface area contributed by atoms with Crippen LogP contribution in [-0.2, 0) is 0 Å². The van der Waals surface area contributed by atoms with Crippen molar-refractivity contribution < 1.29 is 4.79 Å². The smallest absolute Gasteiger partial charge is 0.252 e. The van der Waals surface area contributed by atoms with E-state index in [2.05, 4.69) is 45.8 Å². The molecular formula is C22H26N4O. The standard InChI is InChI=1S/C22H26N4O/c1-14-7-8-16(26(3)17-12-23-13-17)11-20(14)22(27)25-15(2)18-5-4-6-21-19(18)9-10-24-21/h4-11,15,17,23-24H,12-13H2,1-3H3,(H,25,27). The van der Waals surface area contributed by atoms with Crippen molar-refractivity contribution in [1.82, 2.24) is 15.6 Å². The van der Waals surface area contributed by atoms with E-state index in [9.17, 15) is 4.79 Å². The van der Waals surface area contributed by atoms with Crippen molar-refractivity contribution in [3.8, 4) is 0 Å². The number of H-pyrrole nitrogens is 1. The lowest BCUT2D eigenvalue weighted by Crippen LogP contribution is -2.56. The van der Waals surface area contributed by atoms with Gasteiger partial charge >= 0.3 is 0 Å². The second-order valence-corrected chi connectivity index (χ2v) is 7.40. The van der Waals surface area contributed by atoms with Gasteiger partial charge in [0.15, 0.2) is 0 Å². The van der Waals surface area contributed by atoms with Gasteiger partial charge in [0.1, 0.15) is 0 Å². The summed E-state index contributed by atoms with van der Waals surface area (Å²) in [6, 6.07) is 14.7. The summed E-state index contributed by atoms with van der Waals surface area (Å²) in [7, 11) is 2.09. The molecule has 27 heavy (non-hydrogen) atoms. The summed E-state index contributed by atoms with van der Waals surface area (Å²) >= 11 is 0. The number of amides is 1. The minimum Gasteiger partial charge on any atom is -0.369 e. The van der Waals surface area contributed by atoms with Gasteiger partial charge in [0.05, 0.1) is 12.1 Å². The second-order valence-electron chi connectivity index (χ2n) is 7.40. The van der Waals surface area contributed by atoms with Gasteiger partial charge in [0, 0.05) is 48.5 Å². The third-order valence-corrected chi connectivity index (χ3v) is 5.62. The van der Waals surface area contributed by atoms with Crippen LogP contribution in [0.15, 0.2) is 48.7 Å². The first kappa shape index (κ1) is 17.6. The average molecular weight is 362 g/mol. The minimum absolute atomic E-state index is 0.0328. The number of rotatable bonds is 5. The molecule has 0 aliphatic carbocycles. The number of carbonyl (C=O) groups is 1. The van der Waals surface area contributed by atoms with Crippen molar-refractivity contribution in [2.75, 3.05) is 25.0 Å². The zero-order chi connectivity index (χ0) is 19.0. The lowest BCUT2D eigenvalue weighted by molar-refractivity contribution is 0.0939. The Labute approximate surface area is 159 Å². The number of carbonyl (C=O) groups excluding carboxylic acids is 1. The van der Waals surface area contributed by atoms with Gasteiger partial charge in [-0.05, 0) is 49.2 Å². The predicted octanol–water partition coefficient (Wildman–Crippen LogP) is 3.38. The predicted molar refractivity (Wildman–Crippen MR) is 110 cm³/mol. The first-order valence-corrected chi connectivity index (χ1v) is 9.45. The fourth-order valence-corrected chi connectivity index (χ4v) is 3.67. The molecule has 5 nitrogen and oxygen atoms in total. The summed E-state index contributed by atoms with van der Waals surface area (Å²) < 4.78 is 0. The van der Waals surface area contributed by atoms with E-state index in [4.69, 9.17) is 0 Å².